The molecule has 5 atom stereocenters. The molecular weight excluding hydrogens is 706 g/mol. The topological polar surface area (TPSA) is 237 Å². The lowest BCUT2D eigenvalue weighted by molar-refractivity contribution is -0.161. The maximum absolute atomic E-state index is 12.4. The van der Waals surface area contributed by atoms with Crippen molar-refractivity contribution in [2.75, 3.05) is 39.6 Å². The Bertz CT molecular complexity index is 1030. The molecule has 0 heterocycles. The molecule has 0 radical (unpaired) electrons. The molecule has 0 aliphatic carbocycles. The fourth-order valence-electron chi connectivity index (χ4n) is 3.82. The van der Waals surface area contributed by atoms with Gasteiger partial charge in [0.1, 0.15) is 19.3 Å². The van der Waals surface area contributed by atoms with Gasteiger partial charge in [0, 0.05) is 25.7 Å². The molecule has 2 unspecified atom stereocenters. The van der Waals surface area contributed by atoms with Crippen LogP contribution in [0.2, 0.25) is 0 Å². The van der Waals surface area contributed by atoms with Crippen LogP contribution >= 0.6 is 15.6 Å². The second-order valence-corrected chi connectivity index (χ2v) is 14.4. The maximum Gasteiger partial charge on any atom is 0.472 e. The van der Waals surface area contributed by atoms with Gasteiger partial charge in [0.15, 0.2) is 12.2 Å². The lowest BCUT2D eigenvalue weighted by Gasteiger charge is -2.21. The first-order valence-electron chi connectivity index (χ1n) is 17.3. The minimum absolute atomic E-state index is 0.0761. The van der Waals surface area contributed by atoms with E-state index in [4.69, 9.17) is 37.0 Å². The first-order chi connectivity index (χ1) is 23.7. The second kappa shape index (κ2) is 28.6. The quantitative estimate of drug-likeness (QED) is 0.0351. The largest absolute Gasteiger partial charge is 0.472 e. The van der Waals surface area contributed by atoms with E-state index in [1.165, 1.54) is 0 Å². The van der Waals surface area contributed by atoms with Crippen molar-refractivity contribution in [2.24, 2.45) is 0 Å². The zero-order chi connectivity index (χ0) is 37.8. The third-order valence-electron chi connectivity index (χ3n) is 6.57. The number of carbonyl (C=O) groups is 4. The Labute approximate surface area is 295 Å². The van der Waals surface area contributed by atoms with Gasteiger partial charge in [-0.15, -0.1) is 0 Å². The molecule has 0 fully saturated rings. The second-order valence-electron chi connectivity index (χ2n) is 11.5. The van der Waals surface area contributed by atoms with Gasteiger partial charge in [0.05, 0.1) is 26.4 Å². The third kappa shape index (κ3) is 27.7. The minimum atomic E-state index is -4.87. The lowest BCUT2D eigenvalue weighted by Crippen LogP contribution is -2.30. The van der Waals surface area contributed by atoms with E-state index in [1.807, 2.05) is 20.8 Å². The summed E-state index contributed by atoms with van der Waals surface area (Å²) in [6.07, 6.45) is 3.69. The van der Waals surface area contributed by atoms with E-state index in [0.29, 0.717) is 25.7 Å². The predicted molar refractivity (Wildman–Crippen MR) is 178 cm³/mol. The van der Waals surface area contributed by atoms with E-state index in [-0.39, 0.29) is 25.7 Å². The monoisotopic (exact) mass is 764 g/mol. The molecule has 17 nitrogen and oxygen atoms in total. The van der Waals surface area contributed by atoms with E-state index in [1.54, 1.807) is 6.92 Å². The third-order valence-corrected chi connectivity index (χ3v) is 8.47. The molecule has 0 rings (SSSR count). The van der Waals surface area contributed by atoms with Crippen molar-refractivity contribution >= 4 is 39.5 Å². The Kier molecular flexibility index (Phi) is 27.5. The summed E-state index contributed by atoms with van der Waals surface area (Å²) in [7, 11) is -9.74. The van der Waals surface area contributed by atoms with Gasteiger partial charge in [-0.2, -0.15) is 0 Å². The molecule has 50 heavy (non-hydrogen) atoms. The van der Waals surface area contributed by atoms with Crippen molar-refractivity contribution in [1.29, 1.82) is 0 Å². The minimum Gasteiger partial charge on any atom is -0.462 e. The Morgan fingerprint density at radius 3 is 1.32 bits per heavy atom. The van der Waals surface area contributed by atoms with Crippen molar-refractivity contribution in [2.45, 2.75) is 136 Å². The Hall–Kier alpha value is -1.94. The zero-order valence-corrected chi connectivity index (χ0v) is 31.6. The Balaban J connectivity index is 4.95. The summed E-state index contributed by atoms with van der Waals surface area (Å²) in [5.74, 6) is -2.32. The van der Waals surface area contributed by atoms with E-state index in [2.05, 4.69) is 0 Å². The number of esters is 4. The van der Waals surface area contributed by atoms with E-state index in [9.17, 15) is 43.2 Å². The summed E-state index contributed by atoms with van der Waals surface area (Å²) in [5, 5.41) is 10.1. The Morgan fingerprint density at radius 2 is 0.860 bits per heavy atom. The fourth-order valence-corrected chi connectivity index (χ4v) is 5.40. The summed E-state index contributed by atoms with van der Waals surface area (Å²) >= 11 is 0. The first kappa shape index (κ1) is 48.1. The van der Waals surface area contributed by atoms with Gasteiger partial charge in [-0.25, -0.2) is 9.13 Å². The molecule has 3 N–H and O–H groups in total. The molecular formula is C31H58O17P2. The van der Waals surface area contributed by atoms with Crippen LogP contribution in [0.1, 0.15) is 118 Å². The van der Waals surface area contributed by atoms with Gasteiger partial charge >= 0.3 is 39.5 Å². The molecule has 0 amide bonds. The van der Waals surface area contributed by atoms with Crippen LogP contribution in [-0.4, -0.2) is 96.7 Å². The molecule has 0 saturated heterocycles. The van der Waals surface area contributed by atoms with Gasteiger partial charge in [0.2, 0.25) is 0 Å². The number of aliphatic hydroxyl groups is 1. The SMILES string of the molecule is CCCCCCC(=O)O[C@H](COC(=O)CCC)COP(=O)(O)OC[C@H](O)COP(=O)(O)OC[C@@H](COC(=O)CCCCC)OC(=O)CCCC. The van der Waals surface area contributed by atoms with Crippen molar-refractivity contribution < 1.29 is 80.2 Å². The van der Waals surface area contributed by atoms with Gasteiger partial charge in [-0.05, 0) is 25.7 Å². The lowest BCUT2D eigenvalue weighted by atomic mass is 10.1. The predicted octanol–water partition coefficient (Wildman–Crippen LogP) is 5.07. The summed E-state index contributed by atoms with van der Waals surface area (Å²) in [4.78, 5) is 68.2. The van der Waals surface area contributed by atoms with Crippen LogP contribution in [-0.2, 0) is 65.4 Å². The smallest absolute Gasteiger partial charge is 0.462 e. The van der Waals surface area contributed by atoms with Crippen LogP contribution in [0.4, 0.5) is 0 Å². The van der Waals surface area contributed by atoms with E-state index >= 15 is 0 Å². The standard InChI is InChI=1S/C31H58O17P2/c1-5-9-12-14-18-31(36)48-26(21-41-28(33)15-8-4)23-45-49(37,38)43-19-25(32)20-44-50(39,40)46-24-27(47-30(35)16-11-7-3)22-42-29(34)17-13-10-6-2/h25-27,32H,5-24H2,1-4H3,(H,37,38)(H,39,40)/t25-,26+,27+/m0/s1. The average Bonchev–Trinajstić information content (AvgIpc) is 3.06. The summed E-state index contributed by atoms with van der Waals surface area (Å²) in [6, 6.07) is 0. The number of carbonyl (C=O) groups excluding carboxylic acids is 4. The number of aliphatic hydroxyl groups excluding tert-OH is 1. The summed E-state index contributed by atoms with van der Waals surface area (Å²) in [5.41, 5.74) is 0. The van der Waals surface area contributed by atoms with Gasteiger partial charge in [-0.1, -0.05) is 66.2 Å². The number of ether oxygens (including phenoxy) is 4. The molecule has 0 aliphatic heterocycles. The van der Waals surface area contributed by atoms with E-state index < -0.39 is 97.5 Å². The fraction of sp³-hybridized carbons (Fsp3) is 0.871. The van der Waals surface area contributed by atoms with Gasteiger partial charge in [-0.3, -0.25) is 37.3 Å². The number of rotatable bonds is 32. The van der Waals surface area contributed by atoms with Gasteiger partial charge in [0.25, 0.3) is 0 Å². The molecule has 0 bridgehead atoms. The highest BCUT2D eigenvalue weighted by Gasteiger charge is 2.30. The van der Waals surface area contributed by atoms with Crippen LogP contribution in [0.3, 0.4) is 0 Å². The molecule has 294 valence electrons. The Morgan fingerprint density at radius 1 is 0.480 bits per heavy atom. The molecule has 0 saturated carbocycles. The van der Waals surface area contributed by atoms with Crippen LogP contribution < -0.4 is 0 Å². The first-order valence-corrected chi connectivity index (χ1v) is 20.3. The number of phosphoric acid groups is 2. The molecule has 0 aliphatic rings. The van der Waals surface area contributed by atoms with Crippen LogP contribution in [0, 0.1) is 0 Å². The highest BCUT2D eigenvalue weighted by atomic mass is 31.2. The highest BCUT2D eigenvalue weighted by molar-refractivity contribution is 7.47. The molecule has 0 aromatic heterocycles. The number of hydrogen-bond acceptors (Lipinski definition) is 15. The zero-order valence-electron chi connectivity index (χ0n) is 29.8. The number of hydrogen-bond donors (Lipinski definition) is 3. The molecule has 0 aromatic rings. The van der Waals surface area contributed by atoms with Crippen LogP contribution in [0.15, 0.2) is 0 Å². The van der Waals surface area contributed by atoms with Crippen molar-refractivity contribution in [3.05, 3.63) is 0 Å². The van der Waals surface area contributed by atoms with Crippen molar-refractivity contribution in [3.8, 4) is 0 Å². The normalized spacial score (nSPS) is 15.6. The van der Waals surface area contributed by atoms with Crippen LogP contribution in [0.5, 0.6) is 0 Å². The van der Waals surface area contributed by atoms with Gasteiger partial charge < -0.3 is 33.8 Å². The highest BCUT2D eigenvalue weighted by Crippen LogP contribution is 2.45. The molecule has 19 heteroatoms. The number of phosphoric ester groups is 2. The van der Waals surface area contributed by atoms with Crippen LogP contribution in [0.25, 0.3) is 0 Å². The molecule has 0 aromatic carbocycles. The van der Waals surface area contributed by atoms with E-state index in [0.717, 1.165) is 38.5 Å². The molecule has 0 spiro atoms. The summed E-state index contributed by atoms with van der Waals surface area (Å²) in [6.45, 7) is 3.62. The van der Waals surface area contributed by atoms with Crippen molar-refractivity contribution in [3.63, 3.8) is 0 Å². The maximum atomic E-state index is 12.4. The average molecular weight is 765 g/mol. The van der Waals surface area contributed by atoms with Crippen molar-refractivity contribution in [1.82, 2.24) is 0 Å². The number of unbranched alkanes of at least 4 members (excludes halogenated alkanes) is 6. The summed E-state index contributed by atoms with van der Waals surface area (Å²) < 4.78 is 64.7.